The molecule has 0 radical (unpaired) electrons. The van der Waals surface area contributed by atoms with E-state index in [-0.39, 0.29) is 5.41 Å². The number of ether oxygens (including phenoxy) is 1. The first-order chi connectivity index (χ1) is 18.4. The van der Waals surface area contributed by atoms with Crippen LogP contribution in [0.25, 0.3) is 16.9 Å². The van der Waals surface area contributed by atoms with Gasteiger partial charge < -0.3 is 14.7 Å². The number of carbonyl (C=O) groups is 1. The van der Waals surface area contributed by atoms with Crippen LogP contribution >= 0.6 is 0 Å². The summed E-state index contributed by atoms with van der Waals surface area (Å²) in [7, 11) is 0. The Morgan fingerprint density at radius 2 is 1.85 bits per heavy atom. The van der Waals surface area contributed by atoms with Gasteiger partial charge in [0.2, 0.25) is 0 Å². The van der Waals surface area contributed by atoms with Gasteiger partial charge in [-0.15, -0.1) is 0 Å². The molecule has 1 atom stereocenters. The van der Waals surface area contributed by atoms with Crippen molar-refractivity contribution in [3.63, 3.8) is 0 Å². The van der Waals surface area contributed by atoms with Gasteiger partial charge in [0.15, 0.2) is 11.8 Å². The number of aryl methyl sites for hydroxylation is 1. The van der Waals surface area contributed by atoms with Crippen LogP contribution in [0.3, 0.4) is 0 Å². The smallest absolute Gasteiger partial charge is 0.337 e. The zero-order chi connectivity index (χ0) is 27.9. The summed E-state index contributed by atoms with van der Waals surface area (Å²) in [5.74, 6) is -0.296. The molecular weight excluding hydrogens is 492 g/mol. The number of hydrogen-bond donors (Lipinski definition) is 1. The molecule has 4 heterocycles. The van der Waals surface area contributed by atoms with Crippen LogP contribution in [0.5, 0.6) is 0 Å². The standard InChI is InChI=1S/C30H38N6O3/c1-20-25(26(28(37)38)39-29(2,3)4)27(34-14-12-30(5,6)13-15-34)36-24(32-20)16-23(33-36)22-17-31-35(19-22)18-21-10-8-7-9-11-21/h7-11,16-17,19,26H,12-15,18H2,1-6H3,(H,37,38)/t26-/m0/s1. The highest BCUT2D eigenvalue weighted by Crippen LogP contribution is 2.39. The lowest BCUT2D eigenvalue weighted by Crippen LogP contribution is -2.40. The summed E-state index contributed by atoms with van der Waals surface area (Å²) in [6, 6.07) is 12.1. The van der Waals surface area contributed by atoms with E-state index in [4.69, 9.17) is 14.8 Å². The summed E-state index contributed by atoms with van der Waals surface area (Å²) >= 11 is 0. The zero-order valence-corrected chi connectivity index (χ0v) is 23.7. The lowest BCUT2D eigenvalue weighted by molar-refractivity contribution is -0.160. The van der Waals surface area contributed by atoms with Crippen LogP contribution < -0.4 is 4.90 Å². The Bertz CT molecular complexity index is 1470. The fourth-order valence-electron chi connectivity index (χ4n) is 5.13. The molecule has 1 aliphatic rings. The van der Waals surface area contributed by atoms with Gasteiger partial charge in [-0.2, -0.15) is 14.7 Å². The zero-order valence-electron chi connectivity index (χ0n) is 23.7. The molecule has 206 valence electrons. The number of nitrogens with zero attached hydrogens (tertiary/aromatic N) is 6. The fraction of sp³-hybridized carbons (Fsp3) is 0.467. The average molecular weight is 531 g/mol. The molecule has 0 bridgehead atoms. The first-order valence-corrected chi connectivity index (χ1v) is 13.5. The van der Waals surface area contributed by atoms with E-state index in [9.17, 15) is 9.90 Å². The van der Waals surface area contributed by atoms with Crippen molar-refractivity contribution in [2.75, 3.05) is 18.0 Å². The van der Waals surface area contributed by atoms with Gasteiger partial charge in [-0.05, 0) is 51.5 Å². The van der Waals surface area contributed by atoms with E-state index in [0.29, 0.717) is 23.4 Å². The van der Waals surface area contributed by atoms with E-state index >= 15 is 0 Å². The Morgan fingerprint density at radius 3 is 2.49 bits per heavy atom. The highest BCUT2D eigenvalue weighted by atomic mass is 16.5. The van der Waals surface area contributed by atoms with Gasteiger partial charge in [0.25, 0.3) is 0 Å². The van der Waals surface area contributed by atoms with Gasteiger partial charge in [-0.1, -0.05) is 44.2 Å². The minimum absolute atomic E-state index is 0.231. The molecule has 9 heteroatoms. The van der Waals surface area contributed by atoms with E-state index in [1.165, 1.54) is 0 Å². The van der Waals surface area contributed by atoms with Crippen molar-refractivity contribution in [1.29, 1.82) is 0 Å². The first kappa shape index (κ1) is 26.9. The number of benzene rings is 1. The number of anilines is 1. The van der Waals surface area contributed by atoms with Crippen molar-refractivity contribution in [3.05, 3.63) is 65.6 Å². The van der Waals surface area contributed by atoms with Gasteiger partial charge >= 0.3 is 5.97 Å². The van der Waals surface area contributed by atoms with Gasteiger partial charge in [0.1, 0.15) is 5.82 Å². The molecule has 1 N–H and O–H groups in total. The maximum atomic E-state index is 12.6. The summed E-state index contributed by atoms with van der Waals surface area (Å²) in [6.45, 7) is 14.3. The van der Waals surface area contributed by atoms with Crippen molar-refractivity contribution in [2.45, 2.75) is 72.6 Å². The normalized spacial score (nSPS) is 16.5. The van der Waals surface area contributed by atoms with Crippen LogP contribution in [0.1, 0.15) is 70.4 Å². The summed E-state index contributed by atoms with van der Waals surface area (Å²) in [4.78, 5) is 19.6. The fourth-order valence-corrected chi connectivity index (χ4v) is 5.13. The molecule has 1 aliphatic heterocycles. The average Bonchev–Trinajstić information content (AvgIpc) is 3.49. The molecule has 9 nitrogen and oxygen atoms in total. The quantitative estimate of drug-likeness (QED) is 0.336. The third-order valence-electron chi connectivity index (χ3n) is 7.29. The number of aromatic nitrogens is 5. The van der Waals surface area contributed by atoms with Crippen LogP contribution in [-0.4, -0.2) is 54.1 Å². The van der Waals surface area contributed by atoms with Crippen LogP contribution in [0.4, 0.5) is 5.82 Å². The predicted molar refractivity (Wildman–Crippen MR) is 151 cm³/mol. The second kappa shape index (κ2) is 10.1. The number of aliphatic carboxylic acids is 1. The molecule has 1 aromatic carbocycles. The Hall–Kier alpha value is -3.72. The maximum absolute atomic E-state index is 12.6. The predicted octanol–water partition coefficient (Wildman–Crippen LogP) is 5.52. The molecule has 0 saturated carbocycles. The molecule has 0 spiro atoms. The highest BCUT2D eigenvalue weighted by Gasteiger charge is 2.36. The third-order valence-corrected chi connectivity index (χ3v) is 7.29. The highest BCUT2D eigenvalue weighted by molar-refractivity contribution is 5.79. The van der Waals surface area contributed by atoms with Crippen LogP contribution in [0, 0.1) is 12.3 Å². The molecule has 1 fully saturated rings. The molecular formula is C30H38N6O3. The first-order valence-electron chi connectivity index (χ1n) is 13.5. The molecule has 39 heavy (non-hydrogen) atoms. The second-order valence-electron chi connectivity index (χ2n) is 12.2. The van der Waals surface area contributed by atoms with E-state index < -0.39 is 17.7 Å². The van der Waals surface area contributed by atoms with Crippen molar-refractivity contribution < 1.29 is 14.6 Å². The summed E-state index contributed by atoms with van der Waals surface area (Å²) in [5, 5.41) is 19.8. The van der Waals surface area contributed by atoms with E-state index in [2.05, 4.69) is 36.0 Å². The largest absolute Gasteiger partial charge is 0.479 e. The molecule has 4 aromatic rings. The lowest BCUT2D eigenvalue weighted by Gasteiger charge is -2.39. The van der Waals surface area contributed by atoms with E-state index in [0.717, 1.165) is 48.6 Å². The third kappa shape index (κ3) is 5.83. The van der Waals surface area contributed by atoms with E-state index in [1.54, 1.807) is 4.52 Å². The lowest BCUT2D eigenvalue weighted by atomic mass is 9.82. The van der Waals surface area contributed by atoms with Crippen molar-refractivity contribution in [3.8, 4) is 11.3 Å². The maximum Gasteiger partial charge on any atom is 0.337 e. The monoisotopic (exact) mass is 530 g/mol. The Kier molecular flexibility index (Phi) is 6.97. The molecule has 1 saturated heterocycles. The van der Waals surface area contributed by atoms with Crippen molar-refractivity contribution in [1.82, 2.24) is 24.4 Å². The van der Waals surface area contributed by atoms with Gasteiger partial charge in [-0.25, -0.2) is 9.78 Å². The Balaban J connectivity index is 1.61. The number of piperidine rings is 1. The number of carboxylic acid groups (broad SMARTS) is 1. The van der Waals surface area contributed by atoms with Gasteiger partial charge in [0, 0.05) is 36.6 Å². The number of hydrogen-bond acceptors (Lipinski definition) is 6. The molecule has 0 amide bonds. The van der Waals surface area contributed by atoms with Crippen molar-refractivity contribution >= 4 is 17.4 Å². The topological polar surface area (TPSA) is 97.8 Å². The van der Waals surface area contributed by atoms with Crippen LogP contribution in [-0.2, 0) is 16.1 Å². The number of carboxylic acids is 1. The van der Waals surface area contributed by atoms with Crippen molar-refractivity contribution in [2.24, 2.45) is 5.41 Å². The summed E-state index contributed by atoms with van der Waals surface area (Å²) in [5.41, 5.74) is 4.20. The van der Waals surface area contributed by atoms with Crippen LogP contribution in [0.15, 0.2) is 48.8 Å². The number of fused-ring (bicyclic) bond motifs is 1. The summed E-state index contributed by atoms with van der Waals surface area (Å²) in [6.07, 6.45) is 4.60. The molecule has 0 unspecified atom stereocenters. The molecule has 3 aromatic heterocycles. The number of rotatable bonds is 7. The van der Waals surface area contributed by atoms with E-state index in [1.807, 2.05) is 69.0 Å². The van der Waals surface area contributed by atoms with Crippen LogP contribution in [0.2, 0.25) is 0 Å². The Morgan fingerprint density at radius 1 is 1.15 bits per heavy atom. The Labute approximate surface area is 229 Å². The molecule has 0 aliphatic carbocycles. The SMILES string of the molecule is Cc1nc2cc(-c3cnn(Cc4ccccc4)c3)nn2c(N2CCC(C)(C)CC2)c1[C@H](OC(C)(C)C)C(=O)O. The molecule has 5 rings (SSSR count). The second-order valence-corrected chi connectivity index (χ2v) is 12.2. The van der Waals surface area contributed by atoms with Gasteiger partial charge in [-0.3, -0.25) is 4.68 Å². The summed E-state index contributed by atoms with van der Waals surface area (Å²) < 4.78 is 9.81. The van der Waals surface area contributed by atoms with Gasteiger partial charge in [0.05, 0.1) is 29.6 Å². The minimum Gasteiger partial charge on any atom is -0.479 e. The minimum atomic E-state index is -1.17.